The minimum absolute atomic E-state index is 0.380. The standard InChI is InChI=1S/C26H23N5O4/c1-34-21-14-12-18(13-15-21)24-19(17-31(30-24)20-8-4-3-5-9-20)16-27-29-26(33)25(32)28-22-10-6-7-11-23(22)35-2/h3-17H,1-2H3,(H,28,32)(H,29,33)/b27-16-. The van der Waals surface area contributed by atoms with Crippen LogP contribution in [0.1, 0.15) is 5.56 Å². The number of para-hydroxylation sites is 3. The van der Waals surface area contributed by atoms with Crippen molar-refractivity contribution in [3.8, 4) is 28.4 Å². The summed E-state index contributed by atoms with van der Waals surface area (Å²) in [5, 5.41) is 11.2. The normalized spacial score (nSPS) is 10.7. The van der Waals surface area contributed by atoms with Crippen molar-refractivity contribution in [2.45, 2.75) is 0 Å². The third kappa shape index (κ3) is 5.53. The highest BCUT2D eigenvalue weighted by molar-refractivity contribution is 6.39. The van der Waals surface area contributed by atoms with Gasteiger partial charge in [0.1, 0.15) is 17.2 Å². The predicted molar refractivity (Wildman–Crippen MR) is 133 cm³/mol. The maximum atomic E-state index is 12.3. The molecule has 0 fully saturated rings. The van der Waals surface area contributed by atoms with Crippen LogP contribution in [-0.2, 0) is 9.59 Å². The number of rotatable bonds is 7. The van der Waals surface area contributed by atoms with Gasteiger partial charge in [0.05, 0.1) is 31.8 Å². The number of ether oxygens (including phenoxy) is 2. The van der Waals surface area contributed by atoms with E-state index in [4.69, 9.17) is 14.6 Å². The largest absolute Gasteiger partial charge is 0.497 e. The maximum absolute atomic E-state index is 12.3. The molecule has 0 saturated heterocycles. The Balaban J connectivity index is 1.54. The highest BCUT2D eigenvalue weighted by Gasteiger charge is 2.16. The average molecular weight is 470 g/mol. The molecule has 35 heavy (non-hydrogen) atoms. The van der Waals surface area contributed by atoms with Crippen LogP contribution in [0, 0.1) is 0 Å². The van der Waals surface area contributed by atoms with E-state index in [-0.39, 0.29) is 0 Å². The zero-order valence-electron chi connectivity index (χ0n) is 19.1. The molecule has 0 bridgehead atoms. The molecule has 0 aliphatic rings. The number of nitrogens with one attached hydrogen (secondary N) is 2. The van der Waals surface area contributed by atoms with E-state index in [0.29, 0.717) is 22.7 Å². The summed E-state index contributed by atoms with van der Waals surface area (Å²) in [4.78, 5) is 24.6. The van der Waals surface area contributed by atoms with Crippen molar-refractivity contribution in [1.29, 1.82) is 0 Å². The Hall–Kier alpha value is -4.92. The Morgan fingerprint density at radius 1 is 0.886 bits per heavy atom. The van der Waals surface area contributed by atoms with Gasteiger partial charge in [-0.25, -0.2) is 10.1 Å². The van der Waals surface area contributed by atoms with Crippen LogP contribution in [0.5, 0.6) is 11.5 Å². The summed E-state index contributed by atoms with van der Waals surface area (Å²) < 4.78 is 12.1. The number of hydrazone groups is 1. The second kappa shape index (κ2) is 10.8. The molecule has 4 rings (SSSR count). The lowest BCUT2D eigenvalue weighted by molar-refractivity contribution is -0.136. The number of hydrogen-bond acceptors (Lipinski definition) is 6. The zero-order chi connectivity index (χ0) is 24.6. The maximum Gasteiger partial charge on any atom is 0.329 e. The first-order valence-corrected chi connectivity index (χ1v) is 10.7. The van der Waals surface area contributed by atoms with E-state index in [1.807, 2.05) is 54.6 Å². The van der Waals surface area contributed by atoms with Gasteiger partial charge in [0.25, 0.3) is 0 Å². The van der Waals surface area contributed by atoms with Crippen molar-refractivity contribution in [3.05, 3.63) is 90.6 Å². The van der Waals surface area contributed by atoms with E-state index in [9.17, 15) is 9.59 Å². The first kappa shape index (κ1) is 23.2. The highest BCUT2D eigenvalue weighted by Crippen LogP contribution is 2.25. The first-order valence-electron chi connectivity index (χ1n) is 10.7. The minimum atomic E-state index is -0.923. The molecule has 9 nitrogen and oxygen atoms in total. The van der Waals surface area contributed by atoms with Gasteiger partial charge < -0.3 is 14.8 Å². The second-order valence-electron chi connectivity index (χ2n) is 7.30. The summed E-state index contributed by atoms with van der Waals surface area (Å²) in [6.45, 7) is 0. The van der Waals surface area contributed by atoms with Gasteiger partial charge in [-0.1, -0.05) is 30.3 Å². The summed E-state index contributed by atoms with van der Waals surface area (Å²) in [6, 6.07) is 23.8. The molecule has 4 aromatic rings. The number of amides is 2. The summed E-state index contributed by atoms with van der Waals surface area (Å²) in [5.41, 5.74) is 5.62. The Kier molecular flexibility index (Phi) is 7.17. The molecule has 0 spiro atoms. The topological polar surface area (TPSA) is 107 Å². The number of methoxy groups -OCH3 is 2. The molecule has 0 atom stereocenters. The van der Waals surface area contributed by atoms with Gasteiger partial charge in [-0.3, -0.25) is 9.59 Å². The third-order valence-electron chi connectivity index (χ3n) is 5.06. The second-order valence-corrected chi connectivity index (χ2v) is 7.30. The van der Waals surface area contributed by atoms with Gasteiger partial charge in [0.2, 0.25) is 0 Å². The van der Waals surface area contributed by atoms with Crippen LogP contribution in [0.2, 0.25) is 0 Å². The van der Waals surface area contributed by atoms with Crippen LogP contribution in [0.15, 0.2) is 90.2 Å². The molecule has 1 aromatic heterocycles. The number of hydrogen-bond donors (Lipinski definition) is 2. The summed E-state index contributed by atoms with van der Waals surface area (Å²) in [5.74, 6) is -0.634. The Morgan fingerprint density at radius 2 is 1.60 bits per heavy atom. The van der Waals surface area contributed by atoms with Crippen LogP contribution in [0.25, 0.3) is 16.9 Å². The van der Waals surface area contributed by atoms with Gasteiger partial charge >= 0.3 is 11.8 Å². The average Bonchev–Trinajstić information content (AvgIpc) is 3.33. The third-order valence-corrected chi connectivity index (χ3v) is 5.06. The number of carbonyl (C=O) groups is 2. The predicted octanol–water partition coefficient (Wildman–Crippen LogP) is 3.65. The molecule has 0 saturated carbocycles. The molecule has 0 aliphatic heterocycles. The van der Waals surface area contributed by atoms with Gasteiger partial charge in [-0.05, 0) is 48.5 Å². The van der Waals surface area contributed by atoms with E-state index in [1.54, 1.807) is 42.3 Å². The number of anilines is 1. The summed E-state index contributed by atoms with van der Waals surface area (Å²) >= 11 is 0. The molecule has 176 valence electrons. The fourth-order valence-corrected chi connectivity index (χ4v) is 3.31. The van der Waals surface area contributed by atoms with Crippen LogP contribution >= 0.6 is 0 Å². The Morgan fingerprint density at radius 3 is 2.31 bits per heavy atom. The molecule has 0 unspecified atom stereocenters. The lowest BCUT2D eigenvalue weighted by atomic mass is 10.1. The van der Waals surface area contributed by atoms with E-state index < -0.39 is 11.8 Å². The van der Waals surface area contributed by atoms with E-state index in [0.717, 1.165) is 17.0 Å². The van der Waals surface area contributed by atoms with Gasteiger partial charge in [-0.2, -0.15) is 10.2 Å². The van der Waals surface area contributed by atoms with Gasteiger partial charge in [-0.15, -0.1) is 0 Å². The molecule has 9 heteroatoms. The van der Waals surface area contributed by atoms with Gasteiger partial charge in [0, 0.05) is 17.3 Å². The fourth-order valence-electron chi connectivity index (χ4n) is 3.31. The Bertz CT molecular complexity index is 1350. The van der Waals surface area contributed by atoms with E-state index >= 15 is 0 Å². The molecule has 3 aromatic carbocycles. The molecule has 0 aliphatic carbocycles. The smallest absolute Gasteiger partial charge is 0.329 e. The minimum Gasteiger partial charge on any atom is -0.497 e. The van der Waals surface area contributed by atoms with Crippen molar-refractivity contribution < 1.29 is 19.1 Å². The quantitative estimate of drug-likeness (QED) is 0.244. The van der Waals surface area contributed by atoms with Crippen LogP contribution in [-0.4, -0.2) is 42.0 Å². The summed E-state index contributed by atoms with van der Waals surface area (Å²) in [7, 11) is 3.08. The van der Waals surface area contributed by atoms with Crippen molar-refractivity contribution in [3.63, 3.8) is 0 Å². The van der Waals surface area contributed by atoms with Crippen LogP contribution in [0.3, 0.4) is 0 Å². The highest BCUT2D eigenvalue weighted by atomic mass is 16.5. The van der Waals surface area contributed by atoms with Crippen molar-refractivity contribution in [2.75, 3.05) is 19.5 Å². The number of aromatic nitrogens is 2. The number of carbonyl (C=O) groups excluding carboxylic acids is 2. The van der Waals surface area contributed by atoms with Crippen molar-refractivity contribution >= 4 is 23.7 Å². The SMILES string of the molecule is COc1ccc(-c2nn(-c3ccccc3)cc2/C=N\NC(=O)C(=O)Nc2ccccc2OC)cc1. The lowest BCUT2D eigenvalue weighted by Gasteiger charge is -2.08. The Labute approximate surface area is 202 Å². The number of benzene rings is 3. The first-order chi connectivity index (χ1) is 17.1. The molecule has 1 heterocycles. The van der Waals surface area contributed by atoms with Crippen LogP contribution < -0.4 is 20.2 Å². The molecular weight excluding hydrogens is 446 g/mol. The molecule has 2 amide bonds. The number of nitrogens with zero attached hydrogens (tertiary/aromatic N) is 3. The lowest BCUT2D eigenvalue weighted by Crippen LogP contribution is -2.32. The zero-order valence-corrected chi connectivity index (χ0v) is 19.1. The molecule has 0 radical (unpaired) electrons. The van der Waals surface area contributed by atoms with Crippen molar-refractivity contribution in [1.82, 2.24) is 15.2 Å². The van der Waals surface area contributed by atoms with E-state index in [2.05, 4.69) is 15.8 Å². The molecule has 2 N–H and O–H groups in total. The fraction of sp³-hybridized carbons (Fsp3) is 0.0769. The van der Waals surface area contributed by atoms with Gasteiger partial charge in [0.15, 0.2) is 0 Å². The van der Waals surface area contributed by atoms with Crippen LogP contribution in [0.4, 0.5) is 5.69 Å². The van der Waals surface area contributed by atoms with E-state index in [1.165, 1.54) is 13.3 Å². The summed E-state index contributed by atoms with van der Waals surface area (Å²) in [6.07, 6.45) is 3.24. The van der Waals surface area contributed by atoms with Crippen molar-refractivity contribution in [2.24, 2.45) is 5.10 Å². The monoisotopic (exact) mass is 469 g/mol. The molecular formula is C26H23N5O4.